The molecule has 1 aliphatic heterocycles. The number of hydrogen-bond acceptors (Lipinski definition) is 4. The molecule has 1 fully saturated rings. The van der Waals surface area contributed by atoms with Gasteiger partial charge in [0.2, 0.25) is 0 Å². The van der Waals surface area contributed by atoms with E-state index in [9.17, 15) is 4.39 Å². The van der Waals surface area contributed by atoms with Crippen LogP contribution in [-0.4, -0.2) is 48.7 Å². The highest BCUT2D eigenvalue weighted by molar-refractivity contribution is 5.58. The van der Waals surface area contributed by atoms with Crippen LogP contribution in [0.1, 0.15) is 17.4 Å². The first-order chi connectivity index (χ1) is 13.6. The maximum absolute atomic E-state index is 13.5. The Bertz CT molecular complexity index is 922. The number of aromatic nitrogens is 2. The Balaban J connectivity index is 1.52. The number of nitrogens with zero attached hydrogens (tertiary/aromatic N) is 3. The van der Waals surface area contributed by atoms with Crippen molar-refractivity contribution in [2.45, 2.75) is 12.6 Å². The number of ether oxygens (including phenoxy) is 1. The lowest BCUT2D eigenvalue weighted by Gasteiger charge is -2.34. The highest BCUT2D eigenvalue weighted by atomic mass is 19.1. The van der Waals surface area contributed by atoms with Crippen LogP contribution in [0.2, 0.25) is 0 Å². The Morgan fingerprint density at radius 3 is 2.79 bits per heavy atom. The van der Waals surface area contributed by atoms with Crippen molar-refractivity contribution >= 4 is 5.69 Å². The van der Waals surface area contributed by atoms with Crippen LogP contribution in [0.15, 0.2) is 54.7 Å². The lowest BCUT2D eigenvalue weighted by molar-refractivity contribution is -0.0156. The van der Waals surface area contributed by atoms with E-state index in [1.807, 2.05) is 20.2 Å². The van der Waals surface area contributed by atoms with E-state index in [4.69, 9.17) is 4.74 Å². The fraction of sp³-hybridized carbons (Fsp3) is 0.318. The molecular weight excluding hydrogens is 355 g/mol. The monoisotopic (exact) mass is 380 g/mol. The molecule has 1 N–H and O–H groups in total. The molecule has 1 saturated heterocycles. The fourth-order valence-corrected chi connectivity index (χ4v) is 3.52. The number of imidazole rings is 1. The molecule has 0 aliphatic carbocycles. The van der Waals surface area contributed by atoms with Gasteiger partial charge in [0.05, 0.1) is 31.1 Å². The SMILES string of the molecule is CN(C)c1ccc(CN2CCOC[C@H]2c2ncc(-c3cccc(F)c3)[nH]2)cc1. The minimum atomic E-state index is -0.252. The predicted molar refractivity (Wildman–Crippen MR) is 109 cm³/mol. The average molecular weight is 380 g/mol. The largest absolute Gasteiger partial charge is 0.378 e. The topological polar surface area (TPSA) is 44.4 Å². The zero-order valence-electron chi connectivity index (χ0n) is 16.2. The number of halogens is 1. The third kappa shape index (κ3) is 4.08. The Kier molecular flexibility index (Phi) is 5.41. The molecule has 0 bridgehead atoms. The van der Waals surface area contributed by atoms with Crippen LogP contribution in [0.4, 0.5) is 10.1 Å². The summed E-state index contributed by atoms with van der Waals surface area (Å²) in [4.78, 5) is 12.4. The van der Waals surface area contributed by atoms with Gasteiger partial charge in [-0.2, -0.15) is 0 Å². The first-order valence-corrected chi connectivity index (χ1v) is 9.49. The number of anilines is 1. The first-order valence-electron chi connectivity index (χ1n) is 9.49. The van der Waals surface area contributed by atoms with Crippen molar-refractivity contribution in [3.8, 4) is 11.3 Å². The lowest BCUT2D eigenvalue weighted by atomic mass is 10.1. The molecule has 0 spiro atoms. The van der Waals surface area contributed by atoms with Crippen molar-refractivity contribution in [3.05, 3.63) is 71.9 Å². The predicted octanol–water partition coefficient (Wildman–Crippen LogP) is 3.86. The molecular formula is C22H25FN4O. The molecule has 6 heteroatoms. The van der Waals surface area contributed by atoms with Crippen molar-refractivity contribution in [2.24, 2.45) is 0 Å². The number of morpholine rings is 1. The summed E-state index contributed by atoms with van der Waals surface area (Å²) >= 11 is 0. The first kappa shape index (κ1) is 18.7. The van der Waals surface area contributed by atoms with Gasteiger partial charge < -0.3 is 14.6 Å². The summed E-state index contributed by atoms with van der Waals surface area (Å²) in [6.07, 6.45) is 1.77. The van der Waals surface area contributed by atoms with E-state index in [2.05, 4.69) is 44.0 Å². The molecule has 1 aromatic heterocycles. The highest BCUT2D eigenvalue weighted by Gasteiger charge is 2.27. The van der Waals surface area contributed by atoms with Crippen molar-refractivity contribution in [1.82, 2.24) is 14.9 Å². The summed E-state index contributed by atoms with van der Waals surface area (Å²) in [6.45, 7) is 2.98. The maximum atomic E-state index is 13.5. The summed E-state index contributed by atoms with van der Waals surface area (Å²) in [5.41, 5.74) is 4.05. The quantitative estimate of drug-likeness (QED) is 0.730. The van der Waals surface area contributed by atoms with Crippen LogP contribution in [0.3, 0.4) is 0 Å². The Hall–Kier alpha value is -2.70. The van der Waals surface area contributed by atoms with Crippen LogP contribution in [0.5, 0.6) is 0 Å². The van der Waals surface area contributed by atoms with Crippen LogP contribution in [-0.2, 0) is 11.3 Å². The van der Waals surface area contributed by atoms with Gasteiger partial charge in [0.25, 0.3) is 0 Å². The molecule has 146 valence electrons. The summed E-state index contributed by atoms with van der Waals surface area (Å²) in [5, 5.41) is 0. The number of aromatic amines is 1. The third-order valence-electron chi connectivity index (χ3n) is 5.12. The van der Waals surface area contributed by atoms with Gasteiger partial charge in [-0.15, -0.1) is 0 Å². The Morgan fingerprint density at radius 2 is 2.04 bits per heavy atom. The van der Waals surface area contributed by atoms with E-state index in [1.54, 1.807) is 12.3 Å². The highest BCUT2D eigenvalue weighted by Crippen LogP contribution is 2.27. The smallest absolute Gasteiger partial charge is 0.126 e. The van der Waals surface area contributed by atoms with Gasteiger partial charge in [0.1, 0.15) is 11.6 Å². The standard InChI is InChI=1S/C22H25FN4O/c1-26(2)19-8-6-16(7-9-19)14-27-10-11-28-15-21(27)22-24-13-20(25-22)17-4-3-5-18(23)12-17/h3-9,12-13,21H,10-11,14-15H2,1-2H3,(H,24,25)/t21-/m0/s1. The van der Waals surface area contributed by atoms with Gasteiger partial charge in [-0.1, -0.05) is 24.3 Å². The fourth-order valence-electron chi connectivity index (χ4n) is 3.52. The van der Waals surface area contributed by atoms with Crippen molar-refractivity contribution in [1.29, 1.82) is 0 Å². The second-order valence-corrected chi connectivity index (χ2v) is 7.31. The minimum Gasteiger partial charge on any atom is -0.378 e. The van der Waals surface area contributed by atoms with E-state index in [0.29, 0.717) is 13.2 Å². The second kappa shape index (κ2) is 8.12. The molecule has 0 radical (unpaired) electrons. The zero-order chi connectivity index (χ0) is 19.5. The number of hydrogen-bond donors (Lipinski definition) is 1. The van der Waals surface area contributed by atoms with Crippen LogP contribution >= 0.6 is 0 Å². The molecule has 4 rings (SSSR count). The van der Waals surface area contributed by atoms with Gasteiger partial charge in [0.15, 0.2) is 0 Å². The summed E-state index contributed by atoms with van der Waals surface area (Å²) in [6, 6.07) is 15.2. The van der Waals surface area contributed by atoms with Crippen LogP contribution in [0.25, 0.3) is 11.3 Å². The van der Waals surface area contributed by atoms with Gasteiger partial charge in [-0.3, -0.25) is 4.90 Å². The summed E-state index contributed by atoms with van der Waals surface area (Å²) in [5.74, 6) is 0.598. The molecule has 5 nitrogen and oxygen atoms in total. The van der Waals surface area contributed by atoms with Gasteiger partial charge >= 0.3 is 0 Å². The number of benzene rings is 2. The minimum absolute atomic E-state index is 0.0459. The zero-order valence-corrected chi connectivity index (χ0v) is 16.2. The van der Waals surface area contributed by atoms with Crippen LogP contribution in [0, 0.1) is 5.82 Å². The number of nitrogens with one attached hydrogen (secondary N) is 1. The van der Waals surface area contributed by atoms with Gasteiger partial charge in [0, 0.05) is 38.4 Å². The number of rotatable bonds is 5. The average Bonchev–Trinajstić information content (AvgIpc) is 3.19. The molecule has 0 saturated carbocycles. The van der Waals surface area contributed by atoms with Crippen molar-refractivity contribution in [3.63, 3.8) is 0 Å². The lowest BCUT2D eigenvalue weighted by Crippen LogP contribution is -2.39. The summed E-state index contributed by atoms with van der Waals surface area (Å²) < 4.78 is 19.3. The molecule has 28 heavy (non-hydrogen) atoms. The second-order valence-electron chi connectivity index (χ2n) is 7.31. The van der Waals surface area contributed by atoms with Gasteiger partial charge in [-0.05, 0) is 29.8 Å². The molecule has 0 unspecified atom stereocenters. The van der Waals surface area contributed by atoms with Crippen molar-refractivity contribution in [2.75, 3.05) is 38.8 Å². The Morgan fingerprint density at radius 1 is 1.21 bits per heavy atom. The van der Waals surface area contributed by atoms with Crippen molar-refractivity contribution < 1.29 is 9.13 Å². The van der Waals surface area contributed by atoms with E-state index in [1.165, 1.54) is 23.4 Å². The molecule has 0 amide bonds. The van der Waals surface area contributed by atoms with E-state index >= 15 is 0 Å². The van der Waals surface area contributed by atoms with E-state index in [-0.39, 0.29) is 11.9 Å². The molecule has 2 aromatic carbocycles. The molecule has 1 aliphatic rings. The molecule has 2 heterocycles. The van der Waals surface area contributed by atoms with E-state index in [0.717, 1.165) is 30.2 Å². The summed E-state index contributed by atoms with van der Waals surface area (Å²) in [7, 11) is 4.08. The molecule has 1 atom stereocenters. The third-order valence-corrected chi connectivity index (χ3v) is 5.12. The van der Waals surface area contributed by atoms with Gasteiger partial charge in [-0.25, -0.2) is 9.37 Å². The molecule has 3 aromatic rings. The van der Waals surface area contributed by atoms with E-state index < -0.39 is 0 Å². The van der Waals surface area contributed by atoms with Crippen LogP contribution < -0.4 is 4.90 Å². The number of H-pyrrole nitrogens is 1. The maximum Gasteiger partial charge on any atom is 0.126 e. The normalized spacial score (nSPS) is 17.6. The Labute approximate surface area is 164 Å².